The van der Waals surface area contributed by atoms with E-state index in [2.05, 4.69) is 6.58 Å². The Morgan fingerprint density at radius 3 is 2.48 bits per heavy atom. The van der Waals surface area contributed by atoms with Crippen LogP contribution in [-0.4, -0.2) is 50.4 Å². The Hall–Kier alpha value is -2.15. The minimum atomic E-state index is -0.562. The van der Waals surface area contributed by atoms with Crippen molar-refractivity contribution >= 4 is 17.9 Å². The summed E-state index contributed by atoms with van der Waals surface area (Å²) in [7, 11) is 0. The van der Waals surface area contributed by atoms with Crippen molar-refractivity contribution in [2.24, 2.45) is 5.92 Å². The lowest BCUT2D eigenvalue weighted by molar-refractivity contribution is -0.148. The molecule has 0 spiro atoms. The predicted octanol–water partition coefficient (Wildman–Crippen LogP) is 1.71. The fourth-order valence-corrected chi connectivity index (χ4v) is 2.59. The molecule has 7 heteroatoms. The summed E-state index contributed by atoms with van der Waals surface area (Å²) in [4.78, 5) is 35.9. The third-order valence-corrected chi connectivity index (χ3v) is 4.05. The zero-order valence-corrected chi connectivity index (χ0v) is 14.7. The maximum atomic E-state index is 12.3. The van der Waals surface area contributed by atoms with Gasteiger partial charge in [-0.1, -0.05) is 13.5 Å². The second-order valence-corrected chi connectivity index (χ2v) is 6.29. The molecule has 2 rings (SSSR count). The Kier molecular flexibility index (Phi) is 6.75. The third kappa shape index (κ3) is 5.70. The molecule has 25 heavy (non-hydrogen) atoms. The van der Waals surface area contributed by atoms with E-state index in [4.69, 9.17) is 18.9 Å². The number of hydrogen-bond acceptors (Lipinski definition) is 7. The zero-order chi connectivity index (χ0) is 18.4. The van der Waals surface area contributed by atoms with Crippen LogP contribution in [0, 0.1) is 5.92 Å². The second-order valence-electron chi connectivity index (χ2n) is 6.29. The molecule has 0 N–H and O–H groups in total. The molecule has 138 valence electrons. The van der Waals surface area contributed by atoms with Crippen molar-refractivity contribution in [3.05, 3.63) is 23.3 Å². The Labute approximate surface area is 146 Å². The van der Waals surface area contributed by atoms with Gasteiger partial charge in [-0.3, -0.25) is 0 Å². The van der Waals surface area contributed by atoms with Gasteiger partial charge in [0.1, 0.15) is 25.9 Å². The van der Waals surface area contributed by atoms with Gasteiger partial charge in [0.2, 0.25) is 0 Å². The first-order valence-electron chi connectivity index (χ1n) is 8.41. The number of rotatable bonds is 8. The van der Waals surface area contributed by atoms with Crippen molar-refractivity contribution < 1.29 is 33.3 Å². The Balaban J connectivity index is 1.92. The van der Waals surface area contributed by atoms with E-state index in [9.17, 15) is 14.4 Å². The van der Waals surface area contributed by atoms with E-state index in [1.54, 1.807) is 0 Å². The third-order valence-electron chi connectivity index (χ3n) is 4.05. The topological polar surface area (TPSA) is 91.4 Å². The maximum Gasteiger partial charge on any atom is 0.334 e. The van der Waals surface area contributed by atoms with E-state index in [0.29, 0.717) is 24.2 Å². The first kappa shape index (κ1) is 19.2. The molecule has 0 aromatic rings. The van der Waals surface area contributed by atoms with Crippen LogP contribution in [0.3, 0.4) is 0 Å². The van der Waals surface area contributed by atoms with Crippen LogP contribution < -0.4 is 0 Å². The fraction of sp³-hybridized carbons (Fsp3) is 0.611. The Morgan fingerprint density at radius 1 is 1.16 bits per heavy atom. The van der Waals surface area contributed by atoms with Crippen LogP contribution in [0.2, 0.25) is 0 Å². The number of hydrogen-bond donors (Lipinski definition) is 0. The fourth-order valence-electron chi connectivity index (χ4n) is 2.59. The molecule has 0 radical (unpaired) electrons. The lowest BCUT2D eigenvalue weighted by atomic mass is 9.84. The van der Waals surface area contributed by atoms with Gasteiger partial charge >= 0.3 is 17.9 Å². The molecule has 0 aromatic carbocycles. The average Bonchev–Trinajstić information content (AvgIpc) is 3.40. The molecule has 0 amide bonds. The largest absolute Gasteiger partial charge is 0.459 e. The predicted molar refractivity (Wildman–Crippen MR) is 87.5 cm³/mol. The highest BCUT2D eigenvalue weighted by atomic mass is 16.6. The highest BCUT2D eigenvalue weighted by molar-refractivity contribution is 6.01. The quantitative estimate of drug-likeness (QED) is 0.216. The summed E-state index contributed by atoms with van der Waals surface area (Å²) < 4.78 is 20.3. The molecule has 0 aromatic heterocycles. The molecule has 1 saturated heterocycles. The molecule has 7 nitrogen and oxygen atoms in total. The maximum absolute atomic E-state index is 12.3. The summed E-state index contributed by atoms with van der Waals surface area (Å²) in [6.07, 6.45) is 2.07. The molecular formula is C18H24O7. The molecule has 2 aliphatic rings. The van der Waals surface area contributed by atoms with E-state index >= 15 is 0 Å². The minimum Gasteiger partial charge on any atom is -0.459 e. The van der Waals surface area contributed by atoms with Crippen LogP contribution in [0.1, 0.15) is 33.1 Å². The van der Waals surface area contributed by atoms with Crippen molar-refractivity contribution in [2.45, 2.75) is 39.2 Å². The first-order valence-corrected chi connectivity index (χ1v) is 8.41. The highest BCUT2D eigenvalue weighted by Crippen LogP contribution is 2.31. The molecule has 1 aliphatic heterocycles. The van der Waals surface area contributed by atoms with Gasteiger partial charge in [0.25, 0.3) is 0 Å². The molecule has 1 aliphatic carbocycles. The SMILES string of the molecule is C=C(C)C(=O)OCCOC(=O)C1=C(C(=O)OCC2CO2)C(C)CCC1. The lowest BCUT2D eigenvalue weighted by Gasteiger charge is -2.23. The van der Waals surface area contributed by atoms with Gasteiger partial charge in [0.05, 0.1) is 12.2 Å². The van der Waals surface area contributed by atoms with E-state index in [1.807, 2.05) is 6.92 Å². The van der Waals surface area contributed by atoms with E-state index in [-0.39, 0.29) is 37.4 Å². The van der Waals surface area contributed by atoms with Gasteiger partial charge in [-0.05, 0) is 32.1 Å². The lowest BCUT2D eigenvalue weighted by Crippen LogP contribution is -2.25. The van der Waals surface area contributed by atoms with Gasteiger partial charge in [0.15, 0.2) is 0 Å². The summed E-state index contributed by atoms with van der Waals surface area (Å²) >= 11 is 0. The van der Waals surface area contributed by atoms with Crippen molar-refractivity contribution in [1.82, 2.24) is 0 Å². The normalized spacial score (nSPS) is 22.2. The Bertz CT molecular complexity index is 586. The summed E-state index contributed by atoms with van der Waals surface area (Å²) in [5.41, 5.74) is 1.02. The van der Waals surface area contributed by atoms with Crippen LogP contribution in [-0.2, 0) is 33.3 Å². The van der Waals surface area contributed by atoms with Crippen molar-refractivity contribution in [3.63, 3.8) is 0 Å². The summed E-state index contributed by atoms with van der Waals surface area (Å²) in [6, 6.07) is 0. The molecule has 1 heterocycles. The minimum absolute atomic E-state index is 0.0261. The van der Waals surface area contributed by atoms with E-state index in [0.717, 1.165) is 12.8 Å². The van der Waals surface area contributed by atoms with E-state index in [1.165, 1.54) is 6.92 Å². The van der Waals surface area contributed by atoms with Gasteiger partial charge in [-0.15, -0.1) is 0 Å². The van der Waals surface area contributed by atoms with Crippen LogP contribution in [0.15, 0.2) is 23.3 Å². The van der Waals surface area contributed by atoms with Crippen LogP contribution in [0.25, 0.3) is 0 Å². The number of ether oxygens (including phenoxy) is 4. The van der Waals surface area contributed by atoms with Gasteiger partial charge in [0, 0.05) is 11.1 Å². The first-order chi connectivity index (χ1) is 11.9. The average molecular weight is 352 g/mol. The van der Waals surface area contributed by atoms with Crippen LogP contribution >= 0.6 is 0 Å². The smallest absolute Gasteiger partial charge is 0.334 e. The number of epoxide rings is 1. The molecule has 1 fully saturated rings. The Morgan fingerprint density at radius 2 is 1.84 bits per heavy atom. The number of carbonyl (C=O) groups is 3. The summed E-state index contributed by atoms with van der Waals surface area (Å²) in [5, 5.41) is 0. The van der Waals surface area contributed by atoms with E-state index < -0.39 is 17.9 Å². The van der Waals surface area contributed by atoms with Gasteiger partial charge in [-0.25, -0.2) is 14.4 Å². The van der Waals surface area contributed by atoms with Crippen molar-refractivity contribution in [1.29, 1.82) is 0 Å². The second kappa shape index (κ2) is 8.80. The van der Waals surface area contributed by atoms with Crippen LogP contribution in [0.4, 0.5) is 0 Å². The zero-order valence-electron chi connectivity index (χ0n) is 14.7. The summed E-state index contributed by atoms with van der Waals surface area (Å²) in [6.45, 7) is 7.56. The standard InChI is InChI=1S/C18H24O7/c1-11(2)16(19)22-7-8-23-17(20)14-6-4-5-12(3)15(14)18(21)25-10-13-9-24-13/h12-13H,1,4-10H2,2-3H3. The van der Waals surface area contributed by atoms with Gasteiger partial charge < -0.3 is 18.9 Å². The van der Waals surface area contributed by atoms with Crippen molar-refractivity contribution in [3.8, 4) is 0 Å². The molecule has 0 bridgehead atoms. The number of esters is 3. The molecule has 0 saturated carbocycles. The monoisotopic (exact) mass is 352 g/mol. The molecule has 2 unspecified atom stereocenters. The van der Waals surface area contributed by atoms with Crippen LogP contribution in [0.5, 0.6) is 0 Å². The number of carbonyl (C=O) groups excluding carboxylic acids is 3. The molecule has 2 atom stereocenters. The van der Waals surface area contributed by atoms with Crippen molar-refractivity contribution in [2.75, 3.05) is 26.4 Å². The summed E-state index contributed by atoms with van der Waals surface area (Å²) in [5.74, 6) is -1.64. The highest BCUT2D eigenvalue weighted by Gasteiger charge is 2.32. The van der Waals surface area contributed by atoms with Gasteiger partial charge in [-0.2, -0.15) is 0 Å². The molecular weight excluding hydrogens is 328 g/mol.